The molecule has 0 bridgehead atoms. The molecule has 1 saturated carbocycles. The van der Waals surface area contributed by atoms with Crippen molar-refractivity contribution in [3.63, 3.8) is 0 Å². The third-order valence-corrected chi connectivity index (χ3v) is 4.44. The third-order valence-electron chi connectivity index (χ3n) is 4.44. The highest BCUT2D eigenvalue weighted by molar-refractivity contribution is 6.12. The topological polar surface area (TPSA) is 100 Å². The molecule has 128 valence electrons. The van der Waals surface area contributed by atoms with E-state index in [-0.39, 0.29) is 18.1 Å². The minimum atomic E-state index is -0.360. The van der Waals surface area contributed by atoms with E-state index in [1.54, 1.807) is 42.1 Å². The highest BCUT2D eigenvalue weighted by atomic mass is 16.3. The molecule has 7 nitrogen and oxygen atoms in total. The Labute approximate surface area is 143 Å². The maximum absolute atomic E-state index is 12.8. The van der Waals surface area contributed by atoms with Gasteiger partial charge in [0.2, 0.25) is 0 Å². The maximum atomic E-state index is 12.8. The molecule has 3 aromatic rings. The Balaban J connectivity index is 1.78. The summed E-state index contributed by atoms with van der Waals surface area (Å²) in [5.41, 5.74) is 2.60. The lowest BCUT2D eigenvalue weighted by molar-refractivity contribution is 0.102. The normalized spacial score (nSPS) is 14.0. The first-order valence-electron chi connectivity index (χ1n) is 8.17. The van der Waals surface area contributed by atoms with Gasteiger partial charge in [-0.1, -0.05) is 12.1 Å². The van der Waals surface area contributed by atoms with Crippen LogP contribution in [0.1, 0.15) is 40.4 Å². The molecule has 0 saturated heterocycles. The average Bonchev–Trinajstić information content (AvgIpc) is 3.41. The molecule has 7 heteroatoms. The van der Waals surface area contributed by atoms with Crippen molar-refractivity contribution in [2.75, 3.05) is 5.32 Å². The monoisotopic (exact) mass is 338 g/mol. The number of fused-ring (bicyclic) bond motifs is 1. The SMILES string of the molecule is Cn1[nH]c(=O)c2c(C(=O)Nc3cccc(CO)c3)cc(C3CC3)nc21. The molecule has 1 fully saturated rings. The van der Waals surface area contributed by atoms with Crippen molar-refractivity contribution in [1.82, 2.24) is 14.8 Å². The summed E-state index contributed by atoms with van der Waals surface area (Å²) in [6, 6.07) is 8.70. The lowest BCUT2D eigenvalue weighted by atomic mass is 10.1. The molecule has 4 rings (SSSR count). The van der Waals surface area contributed by atoms with Crippen LogP contribution in [0.5, 0.6) is 0 Å². The second-order valence-electron chi connectivity index (χ2n) is 6.38. The van der Waals surface area contributed by atoms with Crippen molar-refractivity contribution in [1.29, 1.82) is 0 Å². The van der Waals surface area contributed by atoms with Gasteiger partial charge in [-0.3, -0.25) is 19.4 Å². The van der Waals surface area contributed by atoms with Crippen LogP contribution in [-0.2, 0) is 13.7 Å². The first-order valence-corrected chi connectivity index (χ1v) is 8.17. The number of carbonyl (C=O) groups is 1. The smallest absolute Gasteiger partial charge is 0.274 e. The molecule has 0 atom stereocenters. The van der Waals surface area contributed by atoms with Crippen molar-refractivity contribution in [2.45, 2.75) is 25.4 Å². The van der Waals surface area contributed by atoms with E-state index < -0.39 is 0 Å². The Morgan fingerprint density at radius 3 is 2.92 bits per heavy atom. The maximum Gasteiger partial charge on any atom is 0.274 e. The first kappa shape index (κ1) is 15.6. The lowest BCUT2D eigenvalue weighted by Crippen LogP contribution is -2.16. The quantitative estimate of drug-likeness (QED) is 0.676. The highest BCUT2D eigenvalue weighted by Gasteiger charge is 2.28. The molecule has 0 radical (unpaired) electrons. The number of carbonyl (C=O) groups excluding carboxylic acids is 1. The Bertz CT molecular complexity index is 1030. The molecule has 3 N–H and O–H groups in total. The number of aromatic amines is 1. The minimum Gasteiger partial charge on any atom is -0.392 e. The van der Waals surface area contributed by atoms with E-state index in [2.05, 4.69) is 15.4 Å². The highest BCUT2D eigenvalue weighted by Crippen LogP contribution is 2.40. The summed E-state index contributed by atoms with van der Waals surface area (Å²) in [7, 11) is 1.71. The number of aromatic nitrogens is 3. The number of aliphatic hydroxyl groups excluding tert-OH is 1. The molecule has 25 heavy (non-hydrogen) atoms. The lowest BCUT2D eigenvalue weighted by Gasteiger charge is -2.09. The van der Waals surface area contributed by atoms with Crippen LogP contribution in [-0.4, -0.2) is 25.8 Å². The van der Waals surface area contributed by atoms with Gasteiger partial charge in [-0.25, -0.2) is 4.98 Å². The fourth-order valence-electron chi connectivity index (χ4n) is 2.99. The van der Waals surface area contributed by atoms with Gasteiger partial charge >= 0.3 is 0 Å². The van der Waals surface area contributed by atoms with Crippen molar-refractivity contribution < 1.29 is 9.90 Å². The Hall–Kier alpha value is -2.93. The summed E-state index contributed by atoms with van der Waals surface area (Å²) in [6.07, 6.45) is 2.10. The zero-order chi connectivity index (χ0) is 17.6. The molecule has 1 aromatic carbocycles. The summed E-state index contributed by atoms with van der Waals surface area (Å²) in [4.78, 5) is 29.6. The summed E-state index contributed by atoms with van der Waals surface area (Å²) in [6.45, 7) is -0.104. The zero-order valence-electron chi connectivity index (χ0n) is 13.7. The predicted molar refractivity (Wildman–Crippen MR) is 93.6 cm³/mol. The van der Waals surface area contributed by atoms with Crippen LogP contribution in [0, 0.1) is 0 Å². The van der Waals surface area contributed by atoms with Crippen LogP contribution in [0.2, 0.25) is 0 Å². The van der Waals surface area contributed by atoms with Gasteiger partial charge in [-0.15, -0.1) is 0 Å². The van der Waals surface area contributed by atoms with E-state index in [1.807, 2.05) is 0 Å². The number of aliphatic hydroxyl groups is 1. The number of nitrogens with one attached hydrogen (secondary N) is 2. The predicted octanol–water partition coefficient (Wildman–Crippen LogP) is 1.88. The van der Waals surface area contributed by atoms with Crippen LogP contribution in [0.25, 0.3) is 11.0 Å². The number of benzene rings is 1. The average molecular weight is 338 g/mol. The van der Waals surface area contributed by atoms with Crippen molar-refractivity contribution in [2.24, 2.45) is 7.05 Å². The van der Waals surface area contributed by atoms with Crippen LogP contribution in [0.4, 0.5) is 5.69 Å². The number of hydrogen-bond donors (Lipinski definition) is 3. The third kappa shape index (κ3) is 2.83. The molecule has 0 spiro atoms. The molecule has 2 heterocycles. The van der Waals surface area contributed by atoms with Crippen LogP contribution in [0.3, 0.4) is 0 Å². The van der Waals surface area contributed by atoms with Gasteiger partial charge in [0.15, 0.2) is 5.65 Å². The van der Waals surface area contributed by atoms with Crippen molar-refractivity contribution >= 4 is 22.6 Å². The molecule has 1 aliphatic carbocycles. The number of hydrogen-bond acceptors (Lipinski definition) is 4. The number of H-pyrrole nitrogens is 1. The number of rotatable bonds is 4. The number of pyridine rings is 1. The number of aryl methyl sites for hydroxylation is 1. The van der Waals surface area contributed by atoms with E-state index in [9.17, 15) is 14.7 Å². The fourth-order valence-corrected chi connectivity index (χ4v) is 2.99. The molecule has 0 aliphatic heterocycles. The standard InChI is InChI=1S/C18H18N4O3/c1-22-16-15(18(25)21-22)13(8-14(20-16)11-5-6-11)17(24)19-12-4-2-3-10(7-12)9-23/h2-4,7-8,11,23H,5-6,9H2,1H3,(H,19,24)(H,21,25). The summed E-state index contributed by atoms with van der Waals surface area (Å²) in [5.74, 6) is -0.000223. The van der Waals surface area contributed by atoms with Gasteiger partial charge in [-0.05, 0) is 36.6 Å². The van der Waals surface area contributed by atoms with Gasteiger partial charge < -0.3 is 10.4 Å². The van der Waals surface area contributed by atoms with Crippen LogP contribution in [0.15, 0.2) is 35.1 Å². The Kier molecular flexibility index (Phi) is 3.65. The van der Waals surface area contributed by atoms with Gasteiger partial charge in [0, 0.05) is 24.3 Å². The summed E-state index contributed by atoms with van der Waals surface area (Å²) >= 11 is 0. The van der Waals surface area contributed by atoms with Gasteiger partial charge in [-0.2, -0.15) is 0 Å². The zero-order valence-corrected chi connectivity index (χ0v) is 13.7. The van der Waals surface area contributed by atoms with Crippen LogP contribution >= 0.6 is 0 Å². The largest absolute Gasteiger partial charge is 0.392 e. The second kappa shape index (κ2) is 5.86. The number of amides is 1. The Morgan fingerprint density at radius 2 is 2.20 bits per heavy atom. The van der Waals surface area contributed by atoms with Gasteiger partial charge in [0.25, 0.3) is 11.5 Å². The van der Waals surface area contributed by atoms with E-state index in [4.69, 9.17) is 0 Å². The molecular weight excluding hydrogens is 320 g/mol. The molecule has 0 unspecified atom stereocenters. The Morgan fingerprint density at radius 1 is 1.40 bits per heavy atom. The molecule has 1 amide bonds. The van der Waals surface area contributed by atoms with E-state index in [1.165, 1.54) is 0 Å². The van der Waals surface area contributed by atoms with Gasteiger partial charge in [0.1, 0.15) is 0 Å². The van der Waals surface area contributed by atoms with Crippen LogP contribution < -0.4 is 10.9 Å². The molecular formula is C18H18N4O3. The number of nitrogens with zero attached hydrogens (tertiary/aromatic N) is 2. The summed E-state index contributed by atoms with van der Waals surface area (Å²) in [5, 5.41) is 15.0. The molecule has 1 aliphatic rings. The number of anilines is 1. The first-order chi connectivity index (χ1) is 12.1. The fraction of sp³-hybridized carbons (Fsp3) is 0.278. The second-order valence-corrected chi connectivity index (χ2v) is 6.38. The van der Waals surface area contributed by atoms with Crippen molar-refractivity contribution in [3.05, 3.63) is 57.5 Å². The van der Waals surface area contributed by atoms with E-state index in [0.29, 0.717) is 33.8 Å². The van der Waals surface area contributed by atoms with Crippen molar-refractivity contribution in [3.8, 4) is 0 Å². The van der Waals surface area contributed by atoms with Gasteiger partial charge in [0.05, 0.1) is 17.6 Å². The van der Waals surface area contributed by atoms with E-state index in [0.717, 1.165) is 18.5 Å². The minimum absolute atomic E-state index is 0.104. The summed E-state index contributed by atoms with van der Waals surface area (Å²) < 4.78 is 1.55. The van der Waals surface area contributed by atoms with E-state index >= 15 is 0 Å². The molecule has 2 aromatic heterocycles.